The highest BCUT2D eigenvalue weighted by molar-refractivity contribution is 9.10. The lowest BCUT2D eigenvalue weighted by Gasteiger charge is -2.30. The van der Waals surface area contributed by atoms with Crippen molar-refractivity contribution in [3.05, 3.63) is 34.3 Å². The van der Waals surface area contributed by atoms with Crippen molar-refractivity contribution >= 4 is 21.8 Å². The number of carbonyl (C=O) groups is 1. The minimum Gasteiger partial charge on any atom is -0.444 e. The molecule has 1 aliphatic rings. The Morgan fingerprint density at radius 2 is 2.35 bits per heavy atom. The molecule has 0 spiro atoms. The molecule has 1 unspecified atom stereocenters. The number of rotatable bonds is 2. The van der Waals surface area contributed by atoms with Crippen molar-refractivity contribution in [1.29, 1.82) is 0 Å². The maximum Gasteiger partial charge on any atom is 0.289 e. The summed E-state index contributed by atoms with van der Waals surface area (Å²) in [5.74, 6) is 1.59. The maximum atomic E-state index is 12.3. The number of hydrogen-bond acceptors (Lipinski definition) is 5. The summed E-state index contributed by atoms with van der Waals surface area (Å²) < 4.78 is 11.1. The van der Waals surface area contributed by atoms with E-state index < -0.39 is 0 Å². The first-order chi connectivity index (χ1) is 9.63. The zero-order valence-corrected chi connectivity index (χ0v) is 12.6. The summed E-state index contributed by atoms with van der Waals surface area (Å²) in [5, 5.41) is 3.81. The Kier molecular flexibility index (Phi) is 3.60. The van der Waals surface area contributed by atoms with Gasteiger partial charge in [0.15, 0.2) is 16.3 Å². The summed E-state index contributed by atoms with van der Waals surface area (Å²) in [6.45, 7) is 3.10. The number of likely N-dealkylation sites (tertiary alicyclic amines) is 1. The number of piperidine rings is 1. The molecule has 1 atom stereocenters. The van der Waals surface area contributed by atoms with Crippen LogP contribution in [0.4, 0.5) is 0 Å². The van der Waals surface area contributed by atoms with E-state index in [0.717, 1.165) is 19.4 Å². The smallest absolute Gasteiger partial charge is 0.289 e. The quantitative estimate of drug-likeness (QED) is 0.841. The number of hydrogen-bond donors (Lipinski definition) is 0. The van der Waals surface area contributed by atoms with Crippen molar-refractivity contribution < 1.29 is 13.7 Å². The summed E-state index contributed by atoms with van der Waals surface area (Å²) in [4.78, 5) is 18.4. The Hall–Kier alpha value is -1.63. The SMILES string of the molecule is Cc1noc(C2CCCN(C(=O)c3ccc(Br)o3)C2)n1. The van der Waals surface area contributed by atoms with Gasteiger partial charge in [0, 0.05) is 13.1 Å². The van der Waals surface area contributed by atoms with Gasteiger partial charge in [0.05, 0.1) is 5.92 Å². The first kappa shape index (κ1) is 13.4. The van der Waals surface area contributed by atoms with Crippen LogP contribution in [0.25, 0.3) is 0 Å². The van der Waals surface area contributed by atoms with Crippen LogP contribution in [0.2, 0.25) is 0 Å². The van der Waals surface area contributed by atoms with Gasteiger partial charge < -0.3 is 13.8 Å². The fourth-order valence-corrected chi connectivity index (χ4v) is 2.73. The van der Waals surface area contributed by atoms with Gasteiger partial charge in [-0.2, -0.15) is 4.98 Å². The zero-order valence-electron chi connectivity index (χ0n) is 11.0. The number of halogens is 1. The third-order valence-electron chi connectivity index (χ3n) is 3.39. The molecule has 0 radical (unpaired) electrons. The van der Waals surface area contributed by atoms with Crippen LogP contribution in [0.1, 0.15) is 41.0 Å². The van der Waals surface area contributed by atoms with E-state index >= 15 is 0 Å². The molecular weight excluding hydrogens is 326 g/mol. The van der Waals surface area contributed by atoms with Crippen molar-refractivity contribution in [2.24, 2.45) is 0 Å². The molecule has 0 aliphatic carbocycles. The number of carbonyl (C=O) groups excluding carboxylic acids is 1. The Morgan fingerprint density at radius 3 is 3.00 bits per heavy atom. The Morgan fingerprint density at radius 1 is 1.50 bits per heavy atom. The van der Waals surface area contributed by atoms with Gasteiger partial charge in [-0.3, -0.25) is 4.79 Å². The van der Waals surface area contributed by atoms with Gasteiger partial charge >= 0.3 is 0 Å². The van der Waals surface area contributed by atoms with E-state index in [1.807, 2.05) is 0 Å². The molecule has 0 saturated carbocycles. The molecule has 7 heteroatoms. The van der Waals surface area contributed by atoms with Crippen LogP contribution >= 0.6 is 15.9 Å². The van der Waals surface area contributed by atoms with Gasteiger partial charge in [-0.05, 0) is 47.8 Å². The second kappa shape index (κ2) is 5.40. The number of aromatic nitrogens is 2. The first-order valence-corrected chi connectivity index (χ1v) is 7.27. The average molecular weight is 340 g/mol. The predicted octanol–water partition coefficient (Wildman–Crippen LogP) is 2.75. The van der Waals surface area contributed by atoms with Gasteiger partial charge in [0.2, 0.25) is 5.89 Å². The van der Waals surface area contributed by atoms with Gasteiger partial charge in [-0.1, -0.05) is 5.16 Å². The number of aryl methyl sites for hydroxylation is 1. The predicted molar refractivity (Wildman–Crippen MR) is 73.3 cm³/mol. The minimum absolute atomic E-state index is 0.100. The third-order valence-corrected chi connectivity index (χ3v) is 3.81. The molecule has 0 aromatic carbocycles. The molecule has 0 bridgehead atoms. The molecule has 1 aliphatic heterocycles. The molecule has 0 N–H and O–H groups in total. The maximum absolute atomic E-state index is 12.3. The number of furan rings is 1. The second-order valence-corrected chi connectivity index (χ2v) is 5.66. The van der Waals surface area contributed by atoms with E-state index in [4.69, 9.17) is 8.94 Å². The lowest BCUT2D eigenvalue weighted by atomic mass is 9.98. The van der Waals surface area contributed by atoms with Crippen LogP contribution in [-0.4, -0.2) is 34.0 Å². The van der Waals surface area contributed by atoms with E-state index in [-0.39, 0.29) is 11.8 Å². The highest BCUT2D eigenvalue weighted by Crippen LogP contribution is 2.27. The molecule has 20 heavy (non-hydrogen) atoms. The molecule has 1 saturated heterocycles. The first-order valence-electron chi connectivity index (χ1n) is 6.48. The van der Waals surface area contributed by atoms with Crippen LogP contribution in [0.15, 0.2) is 25.7 Å². The molecule has 1 fully saturated rings. The van der Waals surface area contributed by atoms with Gasteiger partial charge in [0.1, 0.15) is 0 Å². The van der Waals surface area contributed by atoms with Crippen molar-refractivity contribution in [2.75, 3.05) is 13.1 Å². The summed E-state index contributed by atoms with van der Waals surface area (Å²) in [5.41, 5.74) is 0. The third kappa shape index (κ3) is 2.63. The lowest BCUT2D eigenvalue weighted by molar-refractivity contribution is 0.0662. The largest absolute Gasteiger partial charge is 0.444 e. The number of nitrogens with zero attached hydrogens (tertiary/aromatic N) is 3. The molecule has 106 valence electrons. The summed E-state index contributed by atoms with van der Waals surface area (Å²) in [7, 11) is 0. The van der Waals surface area contributed by atoms with E-state index in [0.29, 0.717) is 28.7 Å². The van der Waals surface area contributed by atoms with Crippen molar-refractivity contribution in [3.8, 4) is 0 Å². The van der Waals surface area contributed by atoms with Gasteiger partial charge in [-0.15, -0.1) is 0 Å². The Bertz CT molecular complexity index is 622. The average Bonchev–Trinajstić information content (AvgIpc) is 3.07. The Balaban J connectivity index is 1.73. The van der Waals surface area contributed by atoms with Crippen LogP contribution < -0.4 is 0 Å². The van der Waals surface area contributed by atoms with Crippen molar-refractivity contribution in [2.45, 2.75) is 25.7 Å². The van der Waals surface area contributed by atoms with Gasteiger partial charge in [-0.25, -0.2) is 0 Å². The van der Waals surface area contributed by atoms with E-state index in [9.17, 15) is 4.79 Å². The van der Waals surface area contributed by atoms with E-state index in [1.54, 1.807) is 24.0 Å². The fraction of sp³-hybridized carbons (Fsp3) is 0.462. The lowest BCUT2D eigenvalue weighted by Crippen LogP contribution is -2.39. The normalized spacial score (nSPS) is 19.3. The van der Waals surface area contributed by atoms with Crippen molar-refractivity contribution in [3.63, 3.8) is 0 Å². The zero-order chi connectivity index (χ0) is 14.1. The van der Waals surface area contributed by atoms with Crippen LogP contribution in [-0.2, 0) is 0 Å². The van der Waals surface area contributed by atoms with E-state index in [2.05, 4.69) is 26.1 Å². The molecule has 3 heterocycles. The van der Waals surface area contributed by atoms with Crippen LogP contribution in [0, 0.1) is 6.92 Å². The second-order valence-electron chi connectivity index (χ2n) is 4.87. The van der Waals surface area contributed by atoms with E-state index in [1.165, 1.54) is 0 Å². The Labute approximate surface area is 124 Å². The standard InChI is InChI=1S/C13H14BrN3O3/c1-8-15-12(20-16-8)9-3-2-6-17(7-9)13(18)10-4-5-11(14)19-10/h4-5,9H,2-3,6-7H2,1H3. The van der Waals surface area contributed by atoms with Crippen molar-refractivity contribution in [1.82, 2.24) is 15.0 Å². The summed E-state index contributed by atoms with van der Waals surface area (Å²) in [6, 6.07) is 3.39. The monoisotopic (exact) mass is 339 g/mol. The van der Waals surface area contributed by atoms with Gasteiger partial charge in [0.25, 0.3) is 5.91 Å². The highest BCUT2D eigenvalue weighted by atomic mass is 79.9. The summed E-state index contributed by atoms with van der Waals surface area (Å²) >= 11 is 3.21. The highest BCUT2D eigenvalue weighted by Gasteiger charge is 2.29. The minimum atomic E-state index is -0.100. The summed E-state index contributed by atoms with van der Waals surface area (Å²) in [6.07, 6.45) is 1.87. The molecule has 2 aromatic heterocycles. The fourth-order valence-electron chi connectivity index (χ4n) is 2.43. The molecular formula is C13H14BrN3O3. The van der Waals surface area contributed by atoms with Crippen LogP contribution in [0.5, 0.6) is 0 Å². The number of amides is 1. The molecule has 6 nitrogen and oxygen atoms in total. The van der Waals surface area contributed by atoms with Crippen LogP contribution in [0.3, 0.4) is 0 Å². The molecule has 2 aromatic rings. The molecule has 3 rings (SSSR count). The molecule has 1 amide bonds. The topological polar surface area (TPSA) is 72.4 Å².